The molecule has 3 atom stereocenters. The van der Waals surface area contributed by atoms with Crippen LogP contribution in [0.2, 0.25) is 0 Å². The van der Waals surface area contributed by atoms with Crippen LogP contribution in [0, 0.1) is 0 Å². The van der Waals surface area contributed by atoms with E-state index in [-0.39, 0.29) is 23.9 Å². The van der Waals surface area contributed by atoms with Gasteiger partial charge in [0.25, 0.3) is 23.8 Å². The highest BCUT2D eigenvalue weighted by Gasteiger charge is 2.31. The Balaban J connectivity index is 0.000000162. The number of hydrogen-bond acceptors (Lipinski definition) is 20. The third kappa shape index (κ3) is 11.0. The predicted octanol–water partition coefficient (Wildman–Crippen LogP) is 4.54. The number of aryl methyl sites for hydroxylation is 2. The quantitative estimate of drug-likeness (QED) is 0.170. The van der Waals surface area contributed by atoms with Crippen LogP contribution in [-0.2, 0) is 23.6 Å². The standard InChI is InChI=1S/2C26H31N9O3/c1-16-13-35(14-17(2)28-16)24-19(11-21-23(31-24)32-26(38-21)34-7-9-37-10-8-34)25(36)30-22-6-4-5-20(29-22)18-12-27-33(3)15-18;1-17-15-35(8-7-32(17)2)24-19(13-21-23(30-24)31-26(38-21)34-9-11-37-12-10-34)25(36)29-22-6-4-5-20(28-22)18-14-27-33(3)16-18/h4-6,11-12,15-17,28H,7-10,13-14H2,1-3H3,(H,29,30,36);4-6,13-14,16-17H,7-12,15H2,1-3H3,(H,28,29,36). The molecule has 396 valence electrons. The molecule has 0 saturated carbocycles. The number of amides is 2. The number of carbonyl (C=O) groups is 2. The summed E-state index contributed by atoms with van der Waals surface area (Å²) in [6.45, 7) is 15.5. The van der Waals surface area contributed by atoms with E-state index < -0.39 is 0 Å². The Morgan fingerprint density at radius 1 is 0.566 bits per heavy atom. The van der Waals surface area contributed by atoms with Crippen molar-refractivity contribution in [3.63, 3.8) is 0 Å². The number of ether oxygens (including phenoxy) is 2. The van der Waals surface area contributed by atoms with Crippen LogP contribution in [0.15, 0.2) is 82.2 Å². The van der Waals surface area contributed by atoms with Crippen LogP contribution >= 0.6 is 0 Å². The highest BCUT2D eigenvalue weighted by molar-refractivity contribution is 6.09. The summed E-state index contributed by atoms with van der Waals surface area (Å²) >= 11 is 0. The molecule has 76 heavy (non-hydrogen) atoms. The lowest BCUT2D eigenvalue weighted by Gasteiger charge is -2.38. The molecule has 3 unspecified atom stereocenters. The molecule has 24 nitrogen and oxygen atoms in total. The third-order valence-electron chi connectivity index (χ3n) is 13.9. The molecule has 4 aliphatic rings. The highest BCUT2D eigenvalue weighted by Crippen LogP contribution is 2.32. The van der Waals surface area contributed by atoms with Gasteiger partial charge in [0.15, 0.2) is 11.2 Å². The number of pyridine rings is 4. The Kier molecular flexibility index (Phi) is 14.3. The van der Waals surface area contributed by atoms with E-state index in [1.807, 2.05) is 60.6 Å². The van der Waals surface area contributed by atoms with Crippen molar-refractivity contribution in [1.29, 1.82) is 0 Å². The van der Waals surface area contributed by atoms with Gasteiger partial charge in [-0.25, -0.2) is 19.9 Å². The summed E-state index contributed by atoms with van der Waals surface area (Å²) in [6.07, 6.45) is 7.25. The maximum Gasteiger partial charge on any atom is 0.300 e. The Bertz CT molecular complexity index is 3350. The van der Waals surface area contributed by atoms with Crippen molar-refractivity contribution in [3.8, 4) is 22.5 Å². The molecule has 3 N–H and O–H groups in total. The van der Waals surface area contributed by atoms with Crippen LogP contribution in [0.25, 0.3) is 45.0 Å². The first kappa shape index (κ1) is 50.1. The van der Waals surface area contributed by atoms with Crippen LogP contribution in [0.1, 0.15) is 41.5 Å². The molecule has 4 saturated heterocycles. The molecule has 2 amide bonds. The van der Waals surface area contributed by atoms with E-state index in [0.29, 0.717) is 141 Å². The molecule has 8 aromatic heterocycles. The largest absolute Gasteiger partial charge is 0.422 e. The van der Waals surface area contributed by atoms with Gasteiger partial charge in [-0.2, -0.15) is 20.2 Å². The van der Waals surface area contributed by atoms with E-state index in [4.69, 9.17) is 28.3 Å². The summed E-state index contributed by atoms with van der Waals surface area (Å²) in [5, 5.41) is 17.9. The third-order valence-corrected chi connectivity index (χ3v) is 13.9. The zero-order valence-electron chi connectivity index (χ0n) is 43.5. The molecule has 0 radical (unpaired) electrons. The van der Waals surface area contributed by atoms with Crippen LogP contribution < -0.4 is 35.6 Å². The van der Waals surface area contributed by atoms with Gasteiger partial charge in [0.1, 0.15) is 23.3 Å². The zero-order valence-corrected chi connectivity index (χ0v) is 43.5. The number of hydrogen-bond donors (Lipinski definition) is 3. The number of fused-ring (bicyclic) bond motifs is 2. The lowest BCUT2D eigenvalue weighted by molar-refractivity contribution is 0.101. The van der Waals surface area contributed by atoms with Gasteiger partial charge >= 0.3 is 0 Å². The summed E-state index contributed by atoms with van der Waals surface area (Å²) < 4.78 is 26.5. The summed E-state index contributed by atoms with van der Waals surface area (Å²) in [4.78, 5) is 66.4. The Morgan fingerprint density at radius 3 is 1.49 bits per heavy atom. The summed E-state index contributed by atoms with van der Waals surface area (Å²) in [7, 11) is 5.82. The van der Waals surface area contributed by atoms with E-state index in [0.717, 1.165) is 42.1 Å². The van der Waals surface area contributed by atoms with E-state index in [9.17, 15) is 9.59 Å². The summed E-state index contributed by atoms with van der Waals surface area (Å²) in [5.41, 5.74) is 5.93. The number of oxazole rings is 2. The number of likely N-dealkylation sites (N-methyl/N-ethyl adjacent to an activating group) is 1. The van der Waals surface area contributed by atoms with Crippen molar-refractivity contribution in [2.45, 2.75) is 38.9 Å². The first-order valence-corrected chi connectivity index (χ1v) is 25.7. The van der Waals surface area contributed by atoms with Crippen molar-refractivity contribution >= 4 is 69.6 Å². The fourth-order valence-electron chi connectivity index (χ4n) is 9.83. The van der Waals surface area contributed by atoms with Gasteiger partial charge in [-0.3, -0.25) is 19.0 Å². The number of morpholine rings is 2. The molecule has 4 aliphatic heterocycles. The lowest BCUT2D eigenvalue weighted by atomic mass is 10.1. The Labute approximate surface area is 438 Å². The average molecular weight is 1040 g/mol. The maximum atomic E-state index is 13.7. The van der Waals surface area contributed by atoms with Crippen molar-refractivity contribution in [2.75, 3.05) is 123 Å². The van der Waals surface area contributed by atoms with Gasteiger partial charge in [0, 0.05) is 127 Å². The number of rotatable bonds is 10. The average Bonchev–Trinajstić information content (AvgIpc) is 4.28. The van der Waals surface area contributed by atoms with Crippen molar-refractivity contribution in [1.82, 2.24) is 59.7 Å². The van der Waals surface area contributed by atoms with E-state index in [2.05, 4.69) is 88.6 Å². The zero-order chi connectivity index (χ0) is 52.5. The Morgan fingerprint density at radius 2 is 1.04 bits per heavy atom. The summed E-state index contributed by atoms with van der Waals surface area (Å²) in [6, 6.07) is 16.3. The number of nitrogens with one attached hydrogen (secondary N) is 3. The molecule has 24 heteroatoms. The van der Waals surface area contributed by atoms with Gasteiger partial charge < -0.3 is 58.8 Å². The number of nitrogens with zero attached hydrogens (tertiary/aromatic N) is 15. The van der Waals surface area contributed by atoms with Gasteiger partial charge in [-0.1, -0.05) is 12.1 Å². The molecule has 12 heterocycles. The van der Waals surface area contributed by atoms with Crippen molar-refractivity contribution < 1.29 is 27.9 Å². The first-order valence-electron chi connectivity index (χ1n) is 25.7. The smallest absolute Gasteiger partial charge is 0.300 e. The van der Waals surface area contributed by atoms with Gasteiger partial charge in [-0.05, 0) is 52.1 Å². The molecule has 0 aliphatic carbocycles. The van der Waals surface area contributed by atoms with Crippen molar-refractivity contribution in [2.24, 2.45) is 14.1 Å². The highest BCUT2D eigenvalue weighted by atomic mass is 16.5. The number of piperazine rings is 2. The number of carbonyl (C=O) groups excluding carboxylic acids is 2. The minimum absolute atomic E-state index is 0.242. The van der Waals surface area contributed by atoms with Crippen LogP contribution in [-0.4, -0.2) is 177 Å². The normalized spacial score (nSPS) is 19.5. The van der Waals surface area contributed by atoms with E-state index >= 15 is 0 Å². The molecule has 4 fully saturated rings. The van der Waals surface area contributed by atoms with Crippen LogP contribution in [0.5, 0.6) is 0 Å². The van der Waals surface area contributed by atoms with Crippen LogP contribution in [0.4, 0.5) is 35.3 Å². The topological polar surface area (TPSA) is 244 Å². The van der Waals surface area contributed by atoms with Crippen molar-refractivity contribution in [3.05, 3.63) is 84.4 Å². The molecule has 0 bridgehead atoms. The minimum Gasteiger partial charge on any atom is -0.422 e. The minimum atomic E-state index is -0.312. The fourth-order valence-corrected chi connectivity index (χ4v) is 9.83. The van der Waals surface area contributed by atoms with Gasteiger partial charge in [-0.15, -0.1) is 0 Å². The Hall–Kier alpha value is -8.06. The number of anilines is 6. The van der Waals surface area contributed by atoms with Gasteiger partial charge in [0.05, 0.1) is 61.3 Å². The molecule has 8 aromatic rings. The molecule has 0 spiro atoms. The molecular formula is C52H62N18O6. The second-order valence-electron chi connectivity index (χ2n) is 19.7. The second kappa shape index (κ2) is 21.7. The first-order chi connectivity index (χ1) is 36.9. The second-order valence-corrected chi connectivity index (χ2v) is 19.7. The maximum absolute atomic E-state index is 13.7. The molecular weight excluding hydrogens is 973 g/mol. The lowest BCUT2D eigenvalue weighted by Crippen LogP contribution is -2.54. The van der Waals surface area contributed by atoms with E-state index in [1.54, 1.807) is 46.0 Å². The summed E-state index contributed by atoms with van der Waals surface area (Å²) in [5.74, 6) is 1.45. The van der Waals surface area contributed by atoms with E-state index in [1.165, 1.54) is 0 Å². The SMILES string of the molecule is CC1CN(c2nc3nc(N4CCOCC4)oc3cc2C(=O)Nc2cccc(-c3cnn(C)c3)n2)CC(C)N1.CC1CN(c2nc3nc(N4CCOCC4)oc3cc2C(=O)Nc2cccc(-c3cnn(C)c3)n2)CCN1C. The number of aromatic nitrogens is 10. The monoisotopic (exact) mass is 1030 g/mol. The van der Waals surface area contributed by atoms with Crippen LogP contribution in [0.3, 0.4) is 0 Å². The predicted molar refractivity (Wildman–Crippen MR) is 287 cm³/mol. The fraction of sp³-hybridized carbons (Fsp3) is 0.423. The molecule has 12 rings (SSSR count). The van der Waals surface area contributed by atoms with Gasteiger partial charge in [0.2, 0.25) is 11.3 Å². The molecule has 0 aromatic carbocycles.